The van der Waals surface area contributed by atoms with Crippen LogP contribution in [0.5, 0.6) is 0 Å². The Morgan fingerprint density at radius 2 is 1.81 bits per heavy atom. The van der Waals surface area contributed by atoms with Crippen LogP contribution >= 0.6 is 23.2 Å². The molecular formula is C21H18Cl2N4O4. The Balaban J connectivity index is 1.52. The fourth-order valence-electron chi connectivity index (χ4n) is 3.64. The van der Waals surface area contributed by atoms with E-state index in [4.69, 9.17) is 27.7 Å². The number of carbonyl (C=O) groups is 1. The summed E-state index contributed by atoms with van der Waals surface area (Å²) in [4.78, 5) is 27.5. The van der Waals surface area contributed by atoms with E-state index in [-0.39, 0.29) is 11.6 Å². The molecule has 0 saturated carbocycles. The summed E-state index contributed by atoms with van der Waals surface area (Å²) in [6.45, 7) is 3.69. The first-order chi connectivity index (χ1) is 14.9. The lowest BCUT2D eigenvalue weighted by Crippen LogP contribution is -2.49. The molecule has 0 bridgehead atoms. The van der Waals surface area contributed by atoms with E-state index < -0.39 is 4.92 Å². The van der Waals surface area contributed by atoms with Gasteiger partial charge in [-0.2, -0.15) is 0 Å². The maximum absolute atomic E-state index is 13.3. The molecule has 0 N–H and O–H groups in total. The molecule has 0 spiro atoms. The van der Waals surface area contributed by atoms with Crippen LogP contribution in [-0.2, 0) is 0 Å². The van der Waals surface area contributed by atoms with Crippen molar-refractivity contribution in [2.45, 2.75) is 6.92 Å². The van der Waals surface area contributed by atoms with E-state index in [9.17, 15) is 14.9 Å². The van der Waals surface area contributed by atoms with Gasteiger partial charge >= 0.3 is 0 Å². The quantitative estimate of drug-likeness (QED) is 0.408. The van der Waals surface area contributed by atoms with E-state index >= 15 is 0 Å². The topological polar surface area (TPSA) is 92.7 Å². The van der Waals surface area contributed by atoms with Crippen molar-refractivity contribution in [3.05, 3.63) is 73.9 Å². The maximum Gasteiger partial charge on any atom is 0.271 e. The van der Waals surface area contributed by atoms with Crippen molar-refractivity contribution in [1.29, 1.82) is 0 Å². The summed E-state index contributed by atoms with van der Waals surface area (Å²) in [6, 6.07) is 11.6. The van der Waals surface area contributed by atoms with Crippen molar-refractivity contribution in [3.8, 4) is 11.3 Å². The van der Waals surface area contributed by atoms with Crippen LogP contribution in [0.2, 0.25) is 10.0 Å². The lowest BCUT2D eigenvalue weighted by atomic mass is 10.0. The molecule has 0 radical (unpaired) electrons. The number of hydrogen-bond acceptors (Lipinski definition) is 6. The van der Waals surface area contributed by atoms with Crippen molar-refractivity contribution >= 4 is 40.5 Å². The third-order valence-electron chi connectivity index (χ3n) is 5.26. The Hall–Kier alpha value is -3.10. The highest BCUT2D eigenvalue weighted by molar-refractivity contribution is 6.33. The zero-order chi connectivity index (χ0) is 22.1. The zero-order valence-corrected chi connectivity index (χ0v) is 18.1. The maximum atomic E-state index is 13.3. The molecule has 1 aromatic heterocycles. The van der Waals surface area contributed by atoms with Crippen molar-refractivity contribution in [2.75, 3.05) is 31.1 Å². The molecule has 1 aliphatic rings. The second kappa shape index (κ2) is 8.56. The number of halogens is 2. The molecule has 160 valence electrons. The molecule has 1 saturated heterocycles. The summed E-state index contributed by atoms with van der Waals surface area (Å²) in [5.41, 5.74) is 2.11. The van der Waals surface area contributed by atoms with Crippen LogP contribution in [0.4, 0.5) is 11.4 Å². The Labute approximate surface area is 188 Å². The summed E-state index contributed by atoms with van der Waals surface area (Å²) in [7, 11) is 0. The number of aryl methyl sites for hydroxylation is 1. The summed E-state index contributed by atoms with van der Waals surface area (Å²) in [6.07, 6.45) is 0. The predicted octanol–water partition coefficient (Wildman–Crippen LogP) is 4.83. The van der Waals surface area contributed by atoms with Crippen molar-refractivity contribution in [1.82, 2.24) is 10.1 Å². The number of piperazine rings is 1. The van der Waals surface area contributed by atoms with Gasteiger partial charge in [-0.25, -0.2) is 0 Å². The molecule has 1 fully saturated rings. The average Bonchev–Trinajstić information content (AvgIpc) is 3.14. The predicted molar refractivity (Wildman–Crippen MR) is 118 cm³/mol. The van der Waals surface area contributed by atoms with Crippen LogP contribution in [0.1, 0.15) is 16.1 Å². The number of nitro benzene ring substituents is 1. The molecule has 0 unspecified atom stereocenters. The van der Waals surface area contributed by atoms with E-state index in [2.05, 4.69) is 5.16 Å². The normalized spacial score (nSPS) is 14.0. The smallest absolute Gasteiger partial charge is 0.271 e. The molecule has 2 heterocycles. The van der Waals surface area contributed by atoms with Crippen molar-refractivity contribution < 1.29 is 14.2 Å². The summed E-state index contributed by atoms with van der Waals surface area (Å²) < 4.78 is 5.31. The van der Waals surface area contributed by atoms with Crippen LogP contribution in [0.25, 0.3) is 11.3 Å². The Bertz CT molecular complexity index is 1160. The molecule has 2 aromatic carbocycles. The molecule has 10 heteroatoms. The van der Waals surface area contributed by atoms with E-state index in [0.717, 1.165) is 0 Å². The van der Waals surface area contributed by atoms with E-state index in [1.807, 2.05) is 17.0 Å². The van der Waals surface area contributed by atoms with Gasteiger partial charge in [0.25, 0.3) is 11.6 Å². The number of nitrogens with zero attached hydrogens (tertiary/aromatic N) is 4. The van der Waals surface area contributed by atoms with Gasteiger partial charge in [0.1, 0.15) is 17.0 Å². The van der Waals surface area contributed by atoms with E-state index in [1.54, 1.807) is 30.0 Å². The minimum Gasteiger partial charge on any atom is -0.367 e. The highest BCUT2D eigenvalue weighted by atomic mass is 35.5. The van der Waals surface area contributed by atoms with Gasteiger partial charge in [0, 0.05) is 43.9 Å². The summed E-state index contributed by atoms with van der Waals surface area (Å²) in [5.74, 6) is 0.254. The molecule has 4 rings (SSSR count). The summed E-state index contributed by atoms with van der Waals surface area (Å²) in [5, 5.41) is 15.8. The SMILES string of the molecule is Cc1onc(-c2ccccc2Cl)c1C(=O)N1CCN(c2ccc([N+](=O)[O-])cc2Cl)CC1. The zero-order valence-electron chi connectivity index (χ0n) is 16.5. The van der Waals surface area contributed by atoms with Gasteiger partial charge in [0.2, 0.25) is 0 Å². The molecule has 0 aliphatic carbocycles. The molecule has 1 aliphatic heterocycles. The second-order valence-corrected chi connectivity index (χ2v) is 7.93. The van der Waals surface area contributed by atoms with Crippen LogP contribution in [0.15, 0.2) is 47.0 Å². The minimum atomic E-state index is -0.482. The fraction of sp³-hybridized carbons (Fsp3) is 0.238. The highest BCUT2D eigenvalue weighted by Crippen LogP contribution is 2.33. The van der Waals surface area contributed by atoms with Gasteiger partial charge in [-0.3, -0.25) is 14.9 Å². The summed E-state index contributed by atoms with van der Waals surface area (Å²) >= 11 is 12.5. The molecule has 3 aromatic rings. The van der Waals surface area contributed by atoms with Crippen molar-refractivity contribution in [3.63, 3.8) is 0 Å². The Kier molecular flexibility index (Phi) is 5.84. The second-order valence-electron chi connectivity index (χ2n) is 7.11. The van der Waals surface area contributed by atoms with Gasteiger partial charge < -0.3 is 14.3 Å². The van der Waals surface area contributed by atoms with Crippen LogP contribution in [0.3, 0.4) is 0 Å². The Morgan fingerprint density at radius 1 is 1.10 bits per heavy atom. The van der Waals surface area contributed by atoms with Gasteiger partial charge in [-0.15, -0.1) is 0 Å². The molecular weight excluding hydrogens is 443 g/mol. The number of rotatable bonds is 4. The fourth-order valence-corrected chi connectivity index (χ4v) is 4.16. The van der Waals surface area contributed by atoms with Crippen molar-refractivity contribution in [2.24, 2.45) is 0 Å². The molecule has 8 nitrogen and oxygen atoms in total. The average molecular weight is 461 g/mol. The van der Waals surface area contributed by atoms with Gasteiger partial charge in [0.15, 0.2) is 0 Å². The number of aromatic nitrogens is 1. The van der Waals surface area contributed by atoms with E-state index in [1.165, 1.54) is 12.1 Å². The monoisotopic (exact) mass is 460 g/mol. The lowest BCUT2D eigenvalue weighted by Gasteiger charge is -2.36. The van der Waals surface area contributed by atoms with Crippen LogP contribution < -0.4 is 4.90 Å². The minimum absolute atomic E-state index is 0.0578. The standard InChI is InChI=1S/C21H18Cl2N4O4/c1-13-19(20(24-31-13)15-4-2-3-5-16(15)22)21(28)26-10-8-25(9-11-26)18-7-6-14(27(29)30)12-17(18)23/h2-7,12H,8-11H2,1H3. The third-order valence-corrected chi connectivity index (χ3v) is 5.89. The number of non-ortho nitro benzene ring substituents is 1. The number of carbonyl (C=O) groups excluding carboxylic acids is 1. The lowest BCUT2D eigenvalue weighted by molar-refractivity contribution is -0.384. The first-order valence-electron chi connectivity index (χ1n) is 9.56. The number of anilines is 1. The Morgan fingerprint density at radius 3 is 2.45 bits per heavy atom. The molecule has 1 amide bonds. The molecule has 31 heavy (non-hydrogen) atoms. The van der Waals surface area contributed by atoms with Crippen LogP contribution in [0, 0.1) is 17.0 Å². The van der Waals surface area contributed by atoms with Gasteiger partial charge in [-0.1, -0.05) is 46.6 Å². The first kappa shape index (κ1) is 21.1. The number of benzene rings is 2. The van der Waals surface area contributed by atoms with E-state index in [0.29, 0.717) is 64.5 Å². The molecule has 0 atom stereocenters. The first-order valence-corrected chi connectivity index (χ1v) is 10.3. The number of amides is 1. The third kappa shape index (κ3) is 4.08. The largest absolute Gasteiger partial charge is 0.367 e. The van der Waals surface area contributed by atoms with Gasteiger partial charge in [-0.05, 0) is 19.1 Å². The van der Waals surface area contributed by atoms with Crippen LogP contribution in [-0.4, -0.2) is 47.1 Å². The number of nitro groups is 1. The number of hydrogen-bond donors (Lipinski definition) is 0. The highest BCUT2D eigenvalue weighted by Gasteiger charge is 2.30. The van der Waals surface area contributed by atoms with Gasteiger partial charge in [0.05, 0.1) is 20.7 Å².